The smallest absolute Gasteiger partial charge is 0.245 e. The van der Waals surface area contributed by atoms with Gasteiger partial charge in [-0.15, -0.1) is 0 Å². The Morgan fingerprint density at radius 1 is 1.52 bits per heavy atom. The minimum atomic E-state index is -0.846. The number of likely N-dealkylation sites (tertiary alicyclic amines) is 1. The number of amides is 1. The summed E-state index contributed by atoms with van der Waals surface area (Å²) in [6, 6.07) is 8.03. The third-order valence-corrected chi connectivity index (χ3v) is 4.47. The molecule has 2 fully saturated rings. The Hall–Kier alpha value is -1.59. The maximum atomic E-state index is 12.8. The molecule has 2 aliphatic heterocycles. The first-order valence-electron chi connectivity index (χ1n) is 7.46. The lowest BCUT2D eigenvalue weighted by atomic mass is 9.96. The molecule has 0 saturated carbocycles. The summed E-state index contributed by atoms with van der Waals surface area (Å²) in [4.78, 5) is 14.7. The minimum Gasteiger partial charge on any atom is -0.497 e. The van der Waals surface area contributed by atoms with E-state index in [9.17, 15) is 4.79 Å². The zero-order valence-electron chi connectivity index (χ0n) is 12.4. The molecule has 1 aromatic carbocycles. The van der Waals surface area contributed by atoms with Gasteiger partial charge in [-0.1, -0.05) is 12.1 Å². The molecule has 0 bridgehead atoms. The number of ether oxygens (including phenoxy) is 2. The van der Waals surface area contributed by atoms with Gasteiger partial charge < -0.3 is 20.1 Å². The molecule has 5 nitrogen and oxygen atoms in total. The summed E-state index contributed by atoms with van der Waals surface area (Å²) >= 11 is 0. The summed E-state index contributed by atoms with van der Waals surface area (Å²) in [7, 11) is 1.65. The standard InChI is InChI=1S/C16H22N2O3/c1-20-13-5-2-4-12(10-13)14-6-3-8-18(14)15(19)16(17)7-9-21-11-16/h2,4-5,10,14H,3,6-9,11,17H2,1H3. The van der Waals surface area contributed by atoms with Gasteiger partial charge in [0.15, 0.2) is 0 Å². The topological polar surface area (TPSA) is 64.8 Å². The van der Waals surface area contributed by atoms with Crippen LogP contribution in [-0.2, 0) is 9.53 Å². The van der Waals surface area contributed by atoms with Crippen molar-refractivity contribution in [2.75, 3.05) is 26.9 Å². The van der Waals surface area contributed by atoms with E-state index in [4.69, 9.17) is 15.2 Å². The first kappa shape index (κ1) is 14.4. The molecule has 5 heteroatoms. The average molecular weight is 290 g/mol. The van der Waals surface area contributed by atoms with Crippen molar-refractivity contribution < 1.29 is 14.3 Å². The average Bonchev–Trinajstić information content (AvgIpc) is 3.16. The van der Waals surface area contributed by atoms with Crippen LogP contribution in [0.15, 0.2) is 24.3 Å². The number of nitrogens with zero attached hydrogens (tertiary/aromatic N) is 1. The van der Waals surface area contributed by atoms with Crippen molar-refractivity contribution in [2.24, 2.45) is 5.73 Å². The van der Waals surface area contributed by atoms with Gasteiger partial charge in [0.25, 0.3) is 0 Å². The summed E-state index contributed by atoms with van der Waals surface area (Å²) in [5.41, 5.74) is 6.51. The van der Waals surface area contributed by atoms with Gasteiger partial charge in [-0.25, -0.2) is 0 Å². The summed E-state index contributed by atoms with van der Waals surface area (Å²) in [6.45, 7) is 1.66. The molecule has 1 aromatic rings. The molecule has 114 valence electrons. The second-order valence-electron chi connectivity index (χ2n) is 5.89. The van der Waals surface area contributed by atoms with Crippen LogP contribution in [0.1, 0.15) is 30.9 Å². The van der Waals surface area contributed by atoms with Crippen LogP contribution in [0.4, 0.5) is 0 Å². The molecule has 0 radical (unpaired) electrons. The van der Waals surface area contributed by atoms with E-state index in [0.717, 1.165) is 30.7 Å². The molecule has 3 rings (SSSR count). The van der Waals surface area contributed by atoms with Crippen molar-refractivity contribution in [3.63, 3.8) is 0 Å². The van der Waals surface area contributed by atoms with Crippen molar-refractivity contribution in [1.82, 2.24) is 4.90 Å². The first-order valence-corrected chi connectivity index (χ1v) is 7.46. The van der Waals surface area contributed by atoms with E-state index in [1.54, 1.807) is 7.11 Å². The van der Waals surface area contributed by atoms with Crippen molar-refractivity contribution in [3.05, 3.63) is 29.8 Å². The van der Waals surface area contributed by atoms with E-state index in [1.807, 2.05) is 29.2 Å². The molecule has 2 heterocycles. The number of carbonyl (C=O) groups is 1. The highest BCUT2D eigenvalue weighted by Gasteiger charge is 2.44. The summed E-state index contributed by atoms with van der Waals surface area (Å²) in [6.07, 6.45) is 2.58. The lowest BCUT2D eigenvalue weighted by molar-refractivity contribution is -0.138. The Bertz CT molecular complexity index is 526. The zero-order chi connectivity index (χ0) is 14.9. The normalized spacial score (nSPS) is 28.9. The summed E-state index contributed by atoms with van der Waals surface area (Å²) in [5.74, 6) is 0.837. The molecule has 2 aliphatic rings. The predicted molar refractivity (Wildman–Crippen MR) is 79.0 cm³/mol. The summed E-state index contributed by atoms with van der Waals surface area (Å²) < 4.78 is 10.6. The molecule has 2 unspecified atom stereocenters. The Kier molecular flexibility index (Phi) is 3.87. The third kappa shape index (κ3) is 2.63. The molecule has 0 aromatic heterocycles. The van der Waals surface area contributed by atoms with Crippen LogP contribution < -0.4 is 10.5 Å². The van der Waals surface area contributed by atoms with Gasteiger partial charge in [0, 0.05) is 13.2 Å². The fraction of sp³-hybridized carbons (Fsp3) is 0.562. The highest BCUT2D eigenvalue weighted by molar-refractivity contribution is 5.87. The SMILES string of the molecule is COc1cccc(C2CCCN2C(=O)C2(N)CCOC2)c1. The van der Waals surface area contributed by atoms with Crippen LogP contribution in [0.2, 0.25) is 0 Å². The minimum absolute atomic E-state index is 0.0188. The lowest BCUT2D eigenvalue weighted by Crippen LogP contribution is -2.55. The van der Waals surface area contributed by atoms with Crippen molar-refractivity contribution in [3.8, 4) is 5.75 Å². The molecule has 0 aliphatic carbocycles. The van der Waals surface area contributed by atoms with E-state index in [-0.39, 0.29) is 11.9 Å². The fourth-order valence-electron chi connectivity index (χ4n) is 3.24. The highest BCUT2D eigenvalue weighted by atomic mass is 16.5. The van der Waals surface area contributed by atoms with Crippen molar-refractivity contribution in [2.45, 2.75) is 30.8 Å². The molecule has 2 N–H and O–H groups in total. The van der Waals surface area contributed by atoms with Crippen LogP contribution in [0.25, 0.3) is 0 Å². The van der Waals surface area contributed by atoms with E-state index in [2.05, 4.69) is 0 Å². The second kappa shape index (κ2) is 5.66. The number of carbonyl (C=O) groups excluding carboxylic acids is 1. The van der Waals surface area contributed by atoms with Crippen molar-refractivity contribution >= 4 is 5.91 Å². The molecule has 0 spiro atoms. The van der Waals surface area contributed by atoms with Gasteiger partial charge in [0.2, 0.25) is 5.91 Å². The summed E-state index contributed by atoms with van der Waals surface area (Å²) in [5, 5.41) is 0. The molecule has 1 amide bonds. The fourth-order valence-corrected chi connectivity index (χ4v) is 3.24. The van der Waals surface area contributed by atoms with E-state index >= 15 is 0 Å². The Balaban J connectivity index is 1.83. The second-order valence-corrected chi connectivity index (χ2v) is 5.89. The van der Waals surface area contributed by atoms with Gasteiger partial charge in [-0.05, 0) is 37.0 Å². The van der Waals surface area contributed by atoms with Gasteiger partial charge in [0.1, 0.15) is 11.3 Å². The number of hydrogen-bond donors (Lipinski definition) is 1. The van der Waals surface area contributed by atoms with E-state index < -0.39 is 5.54 Å². The quantitative estimate of drug-likeness (QED) is 0.915. The van der Waals surface area contributed by atoms with Gasteiger partial charge >= 0.3 is 0 Å². The Morgan fingerprint density at radius 2 is 2.38 bits per heavy atom. The number of methoxy groups -OCH3 is 1. The predicted octanol–water partition coefficient (Wildman–Crippen LogP) is 1.48. The third-order valence-electron chi connectivity index (χ3n) is 4.47. The van der Waals surface area contributed by atoms with Crippen LogP contribution in [0.5, 0.6) is 5.75 Å². The van der Waals surface area contributed by atoms with E-state index in [1.165, 1.54) is 0 Å². The first-order chi connectivity index (χ1) is 10.1. The monoisotopic (exact) mass is 290 g/mol. The molecule has 2 saturated heterocycles. The molecule has 21 heavy (non-hydrogen) atoms. The maximum absolute atomic E-state index is 12.8. The maximum Gasteiger partial charge on any atom is 0.245 e. The van der Waals surface area contributed by atoms with Crippen molar-refractivity contribution in [1.29, 1.82) is 0 Å². The number of hydrogen-bond acceptors (Lipinski definition) is 4. The molecular weight excluding hydrogens is 268 g/mol. The number of rotatable bonds is 3. The lowest BCUT2D eigenvalue weighted by Gasteiger charge is -2.32. The van der Waals surface area contributed by atoms with Gasteiger partial charge in [0.05, 0.1) is 19.8 Å². The molecular formula is C16H22N2O3. The van der Waals surface area contributed by atoms with E-state index in [0.29, 0.717) is 19.6 Å². The van der Waals surface area contributed by atoms with Crippen LogP contribution in [0.3, 0.4) is 0 Å². The van der Waals surface area contributed by atoms with Crippen LogP contribution in [-0.4, -0.2) is 43.2 Å². The number of benzene rings is 1. The Labute approximate surface area is 125 Å². The highest BCUT2D eigenvalue weighted by Crippen LogP contribution is 2.35. The molecule has 2 atom stereocenters. The van der Waals surface area contributed by atoms with Gasteiger partial charge in [-0.2, -0.15) is 0 Å². The largest absolute Gasteiger partial charge is 0.497 e. The zero-order valence-corrected chi connectivity index (χ0v) is 12.4. The van der Waals surface area contributed by atoms with Crippen LogP contribution >= 0.6 is 0 Å². The van der Waals surface area contributed by atoms with Crippen LogP contribution in [0, 0.1) is 0 Å². The number of nitrogens with two attached hydrogens (primary N) is 1. The van der Waals surface area contributed by atoms with Gasteiger partial charge in [-0.3, -0.25) is 4.79 Å². The Morgan fingerprint density at radius 3 is 3.10 bits per heavy atom.